The topological polar surface area (TPSA) is 41.9 Å². The predicted molar refractivity (Wildman–Crippen MR) is 76.9 cm³/mol. The highest BCUT2D eigenvalue weighted by Crippen LogP contribution is 2.29. The van der Waals surface area contributed by atoms with Gasteiger partial charge >= 0.3 is 0 Å². The van der Waals surface area contributed by atoms with Crippen molar-refractivity contribution in [3.63, 3.8) is 0 Å². The second kappa shape index (κ2) is 8.02. The van der Waals surface area contributed by atoms with Crippen LogP contribution >= 0.6 is 0 Å². The fraction of sp³-hybridized carbons (Fsp3) is 0.600. The van der Waals surface area contributed by atoms with Gasteiger partial charge in [0.25, 0.3) is 0 Å². The molecule has 1 rings (SSSR count). The van der Waals surface area contributed by atoms with Crippen LogP contribution in [0, 0.1) is 0 Å². The number of ether oxygens (including phenoxy) is 2. The number of rotatable bonds is 8. The van der Waals surface area contributed by atoms with Gasteiger partial charge in [0.2, 0.25) is 0 Å². The lowest BCUT2D eigenvalue weighted by molar-refractivity contribution is 0.123. The first kappa shape index (κ1) is 15.8. The van der Waals surface area contributed by atoms with Crippen LogP contribution in [0.25, 0.3) is 0 Å². The van der Waals surface area contributed by atoms with Gasteiger partial charge in [-0.15, -0.1) is 0 Å². The van der Waals surface area contributed by atoms with E-state index >= 15 is 0 Å². The molecule has 4 nitrogen and oxygen atoms in total. The Kier molecular flexibility index (Phi) is 6.67. The van der Waals surface area contributed by atoms with E-state index in [1.807, 2.05) is 19.2 Å². The van der Waals surface area contributed by atoms with Gasteiger partial charge in [0.1, 0.15) is 11.5 Å². The highest BCUT2D eigenvalue weighted by atomic mass is 16.5. The summed E-state index contributed by atoms with van der Waals surface area (Å²) in [6, 6.07) is 5.49. The van der Waals surface area contributed by atoms with Crippen LogP contribution < -0.4 is 9.47 Å². The molecule has 108 valence electrons. The molecule has 1 unspecified atom stereocenters. The summed E-state index contributed by atoms with van der Waals surface area (Å²) in [7, 11) is 5.24. The quantitative estimate of drug-likeness (QED) is 0.785. The largest absolute Gasteiger partial charge is 0.497 e. The maximum Gasteiger partial charge on any atom is 0.128 e. The minimum Gasteiger partial charge on any atom is -0.497 e. The van der Waals surface area contributed by atoms with Gasteiger partial charge in [-0.2, -0.15) is 0 Å². The Morgan fingerprint density at radius 1 is 1.26 bits per heavy atom. The molecule has 0 spiro atoms. The highest BCUT2D eigenvalue weighted by molar-refractivity contribution is 5.42. The van der Waals surface area contributed by atoms with E-state index in [1.165, 1.54) is 0 Å². The van der Waals surface area contributed by atoms with E-state index in [1.54, 1.807) is 20.3 Å². The SMILES string of the molecule is CCCCN(C)CC(O)c1ccc(OC)cc1OC. The van der Waals surface area contributed by atoms with E-state index in [4.69, 9.17) is 9.47 Å². The summed E-state index contributed by atoms with van der Waals surface area (Å²) in [6.07, 6.45) is 1.75. The van der Waals surface area contributed by atoms with Crippen molar-refractivity contribution in [2.75, 3.05) is 34.4 Å². The number of aliphatic hydroxyl groups excluding tert-OH is 1. The summed E-state index contributed by atoms with van der Waals surface area (Å²) in [5, 5.41) is 10.3. The van der Waals surface area contributed by atoms with Crippen molar-refractivity contribution < 1.29 is 14.6 Å². The number of benzene rings is 1. The van der Waals surface area contributed by atoms with E-state index < -0.39 is 6.10 Å². The zero-order valence-electron chi connectivity index (χ0n) is 12.3. The molecule has 19 heavy (non-hydrogen) atoms. The predicted octanol–water partition coefficient (Wildman–Crippen LogP) is 2.47. The van der Waals surface area contributed by atoms with Crippen LogP contribution in [0.15, 0.2) is 18.2 Å². The van der Waals surface area contributed by atoms with Gasteiger partial charge in [-0.1, -0.05) is 13.3 Å². The first-order valence-corrected chi connectivity index (χ1v) is 6.70. The number of nitrogens with zero attached hydrogens (tertiary/aromatic N) is 1. The van der Waals surface area contributed by atoms with Gasteiger partial charge in [0.15, 0.2) is 0 Å². The minimum absolute atomic E-state index is 0.553. The van der Waals surface area contributed by atoms with Crippen molar-refractivity contribution >= 4 is 0 Å². The fourth-order valence-corrected chi connectivity index (χ4v) is 2.01. The van der Waals surface area contributed by atoms with Crippen molar-refractivity contribution in [2.45, 2.75) is 25.9 Å². The number of hydrogen-bond acceptors (Lipinski definition) is 4. The third-order valence-electron chi connectivity index (χ3n) is 3.18. The molecule has 0 fully saturated rings. The van der Waals surface area contributed by atoms with Gasteiger partial charge in [0.05, 0.1) is 20.3 Å². The second-order valence-electron chi connectivity index (χ2n) is 4.74. The van der Waals surface area contributed by atoms with Crippen molar-refractivity contribution in [3.05, 3.63) is 23.8 Å². The standard InChI is InChI=1S/C15H25NO3/c1-5-6-9-16(2)11-14(17)13-8-7-12(18-3)10-15(13)19-4/h7-8,10,14,17H,5-6,9,11H2,1-4H3. The Labute approximate surface area is 115 Å². The molecular formula is C15H25NO3. The van der Waals surface area contributed by atoms with Gasteiger partial charge in [-0.05, 0) is 32.1 Å². The summed E-state index contributed by atoms with van der Waals surface area (Å²) in [5.74, 6) is 1.39. The van der Waals surface area contributed by atoms with E-state index in [2.05, 4.69) is 11.8 Å². The number of unbranched alkanes of at least 4 members (excludes halogenated alkanes) is 1. The molecule has 1 atom stereocenters. The van der Waals surface area contributed by atoms with Crippen LogP contribution in [0.1, 0.15) is 31.4 Å². The molecule has 0 saturated carbocycles. The van der Waals surface area contributed by atoms with Crippen LogP contribution in [-0.4, -0.2) is 44.4 Å². The zero-order chi connectivity index (χ0) is 14.3. The molecule has 0 heterocycles. The van der Waals surface area contributed by atoms with Crippen molar-refractivity contribution in [1.29, 1.82) is 0 Å². The first-order valence-electron chi connectivity index (χ1n) is 6.70. The molecule has 0 aliphatic heterocycles. The lowest BCUT2D eigenvalue weighted by Crippen LogP contribution is -2.25. The molecule has 0 saturated heterocycles. The monoisotopic (exact) mass is 267 g/mol. The van der Waals surface area contributed by atoms with Crippen LogP contribution in [0.5, 0.6) is 11.5 Å². The summed E-state index contributed by atoms with van der Waals surface area (Å²) in [5.41, 5.74) is 0.798. The molecule has 0 aromatic heterocycles. The zero-order valence-corrected chi connectivity index (χ0v) is 12.3. The Morgan fingerprint density at radius 2 is 2.00 bits per heavy atom. The van der Waals surface area contributed by atoms with Gasteiger partial charge in [-0.3, -0.25) is 0 Å². The Balaban J connectivity index is 2.72. The van der Waals surface area contributed by atoms with Crippen LogP contribution in [0.2, 0.25) is 0 Å². The average molecular weight is 267 g/mol. The molecule has 0 aliphatic rings. The van der Waals surface area contributed by atoms with Gasteiger partial charge in [0, 0.05) is 18.2 Å². The minimum atomic E-state index is -0.553. The summed E-state index contributed by atoms with van der Waals surface area (Å²) in [6.45, 7) is 3.76. The van der Waals surface area contributed by atoms with E-state index in [0.717, 1.165) is 30.7 Å². The third kappa shape index (κ3) is 4.73. The Bertz CT molecular complexity index is 382. The van der Waals surface area contributed by atoms with Crippen molar-refractivity contribution in [3.8, 4) is 11.5 Å². The lowest BCUT2D eigenvalue weighted by atomic mass is 10.1. The molecule has 4 heteroatoms. The number of likely N-dealkylation sites (N-methyl/N-ethyl adjacent to an activating group) is 1. The molecule has 1 N–H and O–H groups in total. The van der Waals surface area contributed by atoms with Crippen molar-refractivity contribution in [1.82, 2.24) is 4.90 Å². The van der Waals surface area contributed by atoms with Crippen LogP contribution in [0.4, 0.5) is 0 Å². The van der Waals surface area contributed by atoms with Crippen molar-refractivity contribution in [2.24, 2.45) is 0 Å². The third-order valence-corrected chi connectivity index (χ3v) is 3.18. The average Bonchev–Trinajstić information content (AvgIpc) is 2.44. The molecule has 0 bridgehead atoms. The van der Waals surface area contributed by atoms with Crippen LogP contribution in [0.3, 0.4) is 0 Å². The maximum absolute atomic E-state index is 10.3. The summed E-state index contributed by atoms with van der Waals surface area (Å²) < 4.78 is 10.5. The van der Waals surface area contributed by atoms with E-state index in [9.17, 15) is 5.11 Å². The lowest BCUT2D eigenvalue weighted by Gasteiger charge is -2.22. The number of hydrogen-bond donors (Lipinski definition) is 1. The van der Waals surface area contributed by atoms with E-state index in [-0.39, 0.29) is 0 Å². The molecule has 0 aliphatic carbocycles. The van der Waals surface area contributed by atoms with E-state index in [0.29, 0.717) is 12.3 Å². The normalized spacial score (nSPS) is 12.5. The Hall–Kier alpha value is -1.26. The van der Waals surface area contributed by atoms with Crippen LogP contribution in [-0.2, 0) is 0 Å². The number of methoxy groups -OCH3 is 2. The molecular weight excluding hydrogens is 242 g/mol. The number of aliphatic hydroxyl groups is 1. The summed E-state index contributed by atoms with van der Waals surface area (Å²) in [4.78, 5) is 2.14. The molecule has 1 aromatic carbocycles. The second-order valence-corrected chi connectivity index (χ2v) is 4.74. The Morgan fingerprint density at radius 3 is 2.58 bits per heavy atom. The fourth-order valence-electron chi connectivity index (χ4n) is 2.01. The first-order chi connectivity index (χ1) is 9.12. The molecule has 0 amide bonds. The van der Waals surface area contributed by atoms with Gasteiger partial charge in [-0.25, -0.2) is 0 Å². The molecule has 1 aromatic rings. The molecule has 0 radical (unpaired) electrons. The van der Waals surface area contributed by atoms with Gasteiger partial charge < -0.3 is 19.5 Å². The smallest absolute Gasteiger partial charge is 0.128 e. The summed E-state index contributed by atoms with van der Waals surface area (Å²) >= 11 is 0. The maximum atomic E-state index is 10.3. The highest BCUT2D eigenvalue weighted by Gasteiger charge is 2.15.